The monoisotopic (exact) mass is 427 g/mol. The minimum absolute atomic E-state index is 0.0540. The van der Waals surface area contributed by atoms with Gasteiger partial charge in [0.15, 0.2) is 5.78 Å². The Morgan fingerprint density at radius 1 is 1.16 bits per heavy atom. The molecule has 1 aliphatic heterocycles. The van der Waals surface area contributed by atoms with E-state index in [1.165, 1.54) is 0 Å². The Hall–Kier alpha value is -2.47. The maximum atomic E-state index is 13.5. The number of esters is 1. The molecule has 1 amide bonds. The fourth-order valence-electron chi connectivity index (χ4n) is 4.21. The smallest absolute Gasteiger partial charge is 0.316 e. The van der Waals surface area contributed by atoms with E-state index in [4.69, 9.17) is 9.47 Å². The second kappa shape index (κ2) is 8.23. The van der Waals surface area contributed by atoms with Crippen molar-refractivity contribution in [2.75, 3.05) is 13.2 Å². The van der Waals surface area contributed by atoms with Crippen LogP contribution in [0.2, 0.25) is 0 Å². The molecule has 0 saturated carbocycles. The summed E-state index contributed by atoms with van der Waals surface area (Å²) in [6.07, 6.45) is 0.293. The first-order chi connectivity index (χ1) is 14.3. The zero-order chi connectivity index (χ0) is 23.1. The number of carbonyl (C=O) groups is 3. The first-order valence-corrected chi connectivity index (χ1v) is 10.8. The van der Waals surface area contributed by atoms with Crippen LogP contribution in [0.3, 0.4) is 0 Å². The molecule has 1 heterocycles. The van der Waals surface area contributed by atoms with Crippen LogP contribution < -0.4 is 5.32 Å². The first kappa shape index (κ1) is 23.2. The number of hydrogen-bond acceptors (Lipinski definition) is 5. The summed E-state index contributed by atoms with van der Waals surface area (Å²) >= 11 is 0. The lowest BCUT2D eigenvalue weighted by Gasteiger charge is -2.38. The van der Waals surface area contributed by atoms with E-state index in [1.54, 1.807) is 20.8 Å². The maximum Gasteiger partial charge on any atom is 0.316 e. The van der Waals surface area contributed by atoms with Crippen molar-refractivity contribution in [3.8, 4) is 0 Å². The highest BCUT2D eigenvalue weighted by Crippen LogP contribution is 2.41. The van der Waals surface area contributed by atoms with E-state index in [0.717, 1.165) is 22.3 Å². The SMILES string of the molecule is Cc1cc(C)c(C2=C(OC(=O)C(C)(C)C)CC(CC(=O)NC3(C)COC3)C2=O)c(C)c1. The predicted octanol–water partition coefficient (Wildman–Crippen LogP) is 3.80. The van der Waals surface area contributed by atoms with Gasteiger partial charge in [-0.3, -0.25) is 14.4 Å². The van der Waals surface area contributed by atoms with Gasteiger partial charge in [-0.05, 0) is 65.2 Å². The number of amides is 1. The quantitative estimate of drug-likeness (QED) is 0.723. The molecule has 2 aliphatic rings. The highest BCUT2D eigenvalue weighted by molar-refractivity contribution is 6.26. The Bertz CT molecular complexity index is 940. The van der Waals surface area contributed by atoms with Crippen molar-refractivity contribution >= 4 is 23.2 Å². The number of nitrogens with one attached hydrogen (secondary N) is 1. The molecule has 6 heteroatoms. The first-order valence-electron chi connectivity index (χ1n) is 10.8. The zero-order valence-electron chi connectivity index (χ0n) is 19.6. The van der Waals surface area contributed by atoms with Gasteiger partial charge in [-0.25, -0.2) is 0 Å². The van der Waals surface area contributed by atoms with Crippen molar-refractivity contribution < 1.29 is 23.9 Å². The number of rotatable bonds is 5. The van der Waals surface area contributed by atoms with Crippen LogP contribution in [0.15, 0.2) is 17.9 Å². The Morgan fingerprint density at radius 2 is 1.74 bits per heavy atom. The topological polar surface area (TPSA) is 81.7 Å². The van der Waals surface area contributed by atoms with E-state index in [2.05, 4.69) is 5.32 Å². The van der Waals surface area contributed by atoms with Gasteiger partial charge >= 0.3 is 5.97 Å². The third-order valence-corrected chi connectivity index (χ3v) is 5.80. The molecule has 0 spiro atoms. The van der Waals surface area contributed by atoms with E-state index in [1.807, 2.05) is 39.8 Å². The molecule has 1 aromatic carbocycles. The van der Waals surface area contributed by atoms with Crippen molar-refractivity contribution in [1.82, 2.24) is 5.32 Å². The Morgan fingerprint density at radius 3 is 2.23 bits per heavy atom. The van der Waals surface area contributed by atoms with Gasteiger partial charge in [0, 0.05) is 18.8 Å². The molecule has 0 bridgehead atoms. The van der Waals surface area contributed by atoms with E-state index < -0.39 is 11.3 Å². The van der Waals surface area contributed by atoms with Crippen LogP contribution in [0.5, 0.6) is 0 Å². The van der Waals surface area contributed by atoms with Gasteiger partial charge in [-0.15, -0.1) is 0 Å². The molecular weight excluding hydrogens is 394 g/mol. The number of ketones is 1. The van der Waals surface area contributed by atoms with E-state index >= 15 is 0 Å². The summed E-state index contributed by atoms with van der Waals surface area (Å²) < 4.78 is 11.0. The molecule has 1 aromatic rings. The lowest BCUT2D eigenvalue weighted by atomic mass is 9.90. The molecule has 1 aliphatic carbocycles. The summed E-state index contributed by atoms with van der Waals surface area (Å²) in [6.45, 7) is 14.1. The molecule has 168 valence electrons. The highest BCUT2D eigenvalue weighted by atomic mass is 16.5. The molecule has 1 unspecified atom stereocenters. The van der Waals surface area contributed by atoms with Crippen molar-refractivity contribution in [2.24, 2.45) is 11.3 Å². The summed E-state index contributed by atoms with van der Waals surface area (Å²) in [6, 6.07) is 4.03. The third kappa shape index (κ3) is 4.90. The number of ether oxygens (including phenoxy) is 2. The Labute approximate surface area is 184 Å². The number of carbonyl (C=O) groups excluding carboxylic acids is 3. The summed E-state index contributed by atoms with van der Waals surface area (Å²) in [5.41, 5.74) is 3.17. The number of hydrogen-bond donors (Lipinski definition) is 1. The van der Waals surface area contributed by atoms with Crippen molar-refractivity contribution in [3.63, 3.8) is 0 Å². The van der Waals surface area contributed by atoms with Gasteiger partial charge in [-0.2, -0.15) is 0 Å². The largest absolute Gasteiger partial charge is 0.430 e. The number of allylic oxidation sites excluding steroid dienone is 2. The molecule has 0 radical (unpaired) electrons. The number of benzene rings is 1. The van der Waals surface area contributed by atoms with Crippen LogP contribution in [0.1, 0.15) is 62.8 Å². The molecule has 1 atom stereocenters. The van der Waals surface area contributed by atoms with Gasteiger partial charge in [0.1, 0.15) is 5.76 Å². The molecule has 0 aromatic heterocycles. The summed E-state index contributed by atoms with van der Waals surface area (Å²) in [4.78, 5) is 38.7. The second-order valence-corrected chi connectivity index (χ2v) is 10.3. The Kier molecular flexibility index (Phi) is 6.16. The van der Waals surface area contributed by atoms with Crippen molar-refractivity contribution in [3.05, 3.63) is 40.1 Å². The minimum Gasteiger partial charge on any atom is -0.430 e. The molecular formula is C25H33NO5. The standard InChI is InChI=1S/C25H33NO5/c1-14-8-15(2)20(16(3)9-14)21-18(31-23(29)24(4,5)6)10-17(22(21)28)11-19(27)26-25(7)12-30-13-25/h8-9,17H,10-13H2,1-7H3,(H,26,27). The lowest BCUT2D eigenvalue weighted by Crippen LogP contribution is -2.60. The van der Waals surface area contributed by atoms with Gasteiger partial charge in [0.25, 0.3) is 0 Å². The molecule has 6 nitrogen and oxygen atoms in total. The molecule has 1 saturated heterocycles. The van der Waals surface area contributed by atoms with E-state index in [0.29, 0.717) is 24.5 Å². The van der Waals surface area contributed by atoms with Gasteiger partial charge in [0.05, 0.1) is 29.7 Å². The van der Waals surface area contributed by atoms with Crippen LogP contribution in [-0.2, 0) is 23.9 Å². The predicted molar refractivity (Wildman–Crippen MR) is 118 cm³/mol. The van der Waals surface area contributed by atoms with Crippen LogP contribution in [-0.4, -0.2) is 36.4 Å². The average molecular weight is 428 g/mol. The second-order valence-electron chi connectivity index (χ2n) is 10.3. The fraction of sp³-hybridized carbons (Fsp3) is 0.560. The fourth-order valence-corrected chi connectivity index (χ4v) is 4.21. The van der Waals surface area contributed by atoms with Gasteiger partial charge < -0.3 is 14.8 Å². The number of Topliss-reactive ketones (excluding diaryl/α,β-unsaturated/α-hetero) is 1. The van der Waals surface area contributed by atoms with E-state index in [-0.39, 0.29) is 36.0 Å². The van der Waals surface area contributed by atoms with Gasteiger partial charge in [-0.1, -0.05) is 17.7 Å². The summed E-state index contributed by atoms with van der Waals surface area (Å²) in [7, 11) is 0. The van der Waals surface area contributed by atoms with Gasteiger partial charge in [0.2, 0.25) is 5.91 Å². The van der Waals surface area contributed by atoms with Crippen molar-refractivity contribution in [2.45, 2.75) is 66.8 Å². The summed E-state index contributed by atoms with van der Waals surface area (Å²) in [5, 5.41) is 2.96. The molecule has 1 fully saturated rings. The van der Waals surface area contributed by atoms with Crippen LogP contribution in [0.25, 0.3) is 5.57 Å². The lowest BCUT2D eigenvalue weighted by molar-refractivity contribution is -0.148. The van der Waals surface area contributed by atoms with Crippen LogP contribution in [0, 0.1) is 32.1 Å². The highest BCUT2D eigenvalue weighted by Gasteiger charge is 2.41. The molecule has 1 N–H and O–H groups in total. The van der Waals surface area contributed by atoms with E-state index in [9.17, 15) is 14.4 Å². The van der Waals surface area contributed by atoms with Crippen molar-refractivity contribution in [1.29, 1.82) is 0 Å². The Balaban J connectivity index is 1.92. The number of aryl methyl sites for hydroxylation is 3. The van der Waals surface area contributed by atoms with Crippen LogP contribution in [0.4, 0.5) is 0 Å². The minimum atomic E-state index is -0.702. The zero-order valence-corrected chi connectivity index (χ0v) is 19.6. The third-order valence-electron chi connectivity index (χ3n) is 5.80. The van der Waals surface area contributed by atoms with Crippen LogP contribution >= 0.6 is 0 Å². The average Bonchev–Trinajstić information content (AvgIpc) is 2.87. The summed E-state index contributed by atoms with van der Waals surface area (Å²) in [5.74, 6) is -0.904. The normalized spacial score (nSPS) is 20.5. The maximum absolute atomic E-state index is 13.5. The molecule has 3 rings (SSSR count). The molecule has 31 heavy (non-hydrogen) atoms.